The molecule has 5 nitrogen and oxygen atoms in total. The molecule has 0 fully saturated rings. The average Bonchev–Trinajstić information content (AvgIpc) is 3.04. The van der Waals surface area contributed by atoms with Crippen molar-refractivity contribution in [1.29, 1.82) is 0 Å². The van der Waals surface area contributed by atoms with E-state index in [-0.39, 0.29) is 13.2 Å². The van der Waals surface area contributed by atoms with Crippen LogP contribution in [0.1, 0.15) is 30.5 Å². The van der Waals surface area contributed by atoms with Gasteiger partial charge in [0.25, 0.3) is 0 Å². The summed E-state index contributed by atoms with van der Waals surface area (Å²) in [5.41, 5.74) is 1.01. The maximum atomic E-state index is 13.2. The molecule has 5 heteroatoms. The molecule has 0 bridgehead atoms. The van der Waals surface area contributed by atoms with Crippen LogP contribution in [-0.4, -0.2) is 32.3 Å². The van der Waals surface area contributed by atoms with Crippen LogP contribution < -0.4 is 4.74 Å². The summed E-state index contributed by atoms with van der Waals surface area (Å²) < 4.78 is 15.9. The van der Waals surface area contributed by atoms with E-state index < -0.39 is 17.4 Å². The molecule has 1 aliphatic rings. The standard InChI is InChI=1S/C22H22O5/c1-4-26-20(23)22(21(24)27-5-2)18-9-7-6-8-16(18)14-19(22)15-10-12-17(25-3)13-11-15/h6-14H,4-5H2,1-3H3. The summed E-state index contributed by atoms with van der Waals surface area (Å²) in [5, 5.41) is 0. The molecule has 27 heavy (non-hydrogen) atoms. The largest absolute Gasteiger partial charge is 0.497 e. The molecule has 0 N–H and O–H groups in total. The van der Waals surface area contributed by atoms with Crippen molar-refractivity contribution >= 4 is 23.6 Å². The molecule has 1 aliphatic carbocycles. The van der Waals surface area contributed by atoms with E-state index in [2.05, 4.69) is 0 Å². The van der Waals surface area contributed by atoms with Gasteiger partial charge in [-0.15, -0.1) is 0 Å². The summed E-state index contributed by atoms with van der Waals surface area (Å²) in [6.07, 6.45) is 1.85. The monoisotopic (exact) mass is 366 g/mol. The van der Waals surface area contributed by atoms with Gasteiger partial charge in [-0.2, -0.15) is 0 Å². The van der Waals surface area contributed by atoms with E-state index in [1.165, 1.54) is 0 Å². The van der Waals surface area contributed by atoms with Gasteiger partial charge in [-0.25, -0.2) is 0 Å². The highest BCUT2D eigenvalue weighted by atomic mass is 16.6. The van der Waals surface area contributed by atoms with Crippen LogP contribution in [0.2, 0.25) is 0 Å². The summed E-state index contributed by atoms with van der Waals surface area (Å²) in [7, 11) is 1.58. The van der Waals surface area contributed by atoms with Crippen molar-refractivity contribution in [2.75, 3.05) is 20.3 Å². The number of fused-ring (bicyclic) bond motifs is 1. The first kappa shape index (κ1) is 18.7. The number of esters is 2. The van der Waals surface area contributed by atoms with E-state index in [4.69, 9.17) is 14.2 Å². The summed E-state index contributed by atoms with van der Waals surface area (Å²) in [4.78, 5) is 26.3. The van der Waals surface area contributed by atoms with E-state index in [0.29, 0.717) is 16.9 Å². The van der Waals surface area contributed by atoms with Crippen LogP contribution in [0.15, 0.2) is 48.5 Å². The van der Waals surface area contributed by atoms with Gasteiger partial charge in [0.1, 0.15) is 5.75 Å². The summed E-state index contributed by atoms with van der Waals surface area (Å²) in [5.74, 6) is -0.571. The first-order valence-electron chi connectivity index (χ1n) is 8.90. The van der Waals surface area contributed by atoms with Gasteiger partial charge in [-0.1, -0.05) is 36.4 Å². The SMILES string of the molecule is CCOC(=O)C1(C(=O)OCC)C(c2ccc(OC)cc2)=Cc2ccccc21. The maximum absolute atomic E-state index is 13.2. The molecule has 0 saturated heterocycles. The van der Waals surface area contributed by atoms with Crippen molar-refractivity contribution in [2.24, 2.45) is 0 Å². The van der Waals surface area contributed by atoms with Crippen molar-refractivity contribution in [1.82, 2.24) is 0 Å². The Morgan fingerprint density at radius 2 is 1.48 bits per heavy atom. The number of hydrogen-bond acceptors (Lipinski definition) is 5. The molecule has 2 aromatic carbocycles. The molecular weight excluding hydrogens is 344 g/mol. The van der Waals surface area contributed by atoms with Crippen molar-refractivity contribution in [3.63, 3.8) is 0 Å². The number of benzene rings is 2. The number of carbonyl (C=O) groups excluding carboxylic acids is 2. The first-order chi connectivity index (χ1) is 13.1. The number of rotatable bonds is 6. The predicted octanol–water partition coefficient (Wildman–Crippen LogP) is 3.61. The summed E-state index contributed by atoms with van der Waals surface area (Å²) >= 11 is 0. The van der Waals surface area contributed by atoms with Crippen molar-refractivity contribution in [2.45, 2.75) is 19.3 Å². The summed E-state index contributed by atoms with van der Waals surface area (Å²) in [6.45, 7) is 3.76. The third kappa shape index (κ3) is 2.99. The Morgan fingerprint density at radius 3 is 2.04 bits per heavy atom. The maximum Gasteiger partial charge on any atom is 0.332 e. The molecule has 0 aromatic heterocycles. The van der Waals surface area contributed by atoms with Gasteiger partial charge in [-0.3, -0.25) is 9.59 Å². The molecule has 0 radical (unpaired) electrons. The van der Waals surface area contributed by atoms with Gasteiger partial charge in [-0.05, 0) is 54.3 Å². The fraction of sp³-hybridized carbons (Fsp3) is 0.273. The first-order valence-corrected chi connectivity index (χ1v) is 8.90. The van der Waals surface area contributed by atoms with E-state index in [1.807, 2.05) is 30.3 Å². The Labute approximate surface area is 158 Å². The van der Waals surface area contributed by atoms with Crippen LogP contribution >= 0.6 is 0 Å². The summed E-state index contributed by atoms with van der Waals surface area (Å²) in [6, 6.07) is 14.5. The number of methoxy groups -OCH3 is 1. The lowest BCUT2D eigenvalue weighted by molar-refractivity contribution is -0.161. The zero-order valence-electron chi connectivity index (χ0n) is 15.7. The quantitative estimate of drug-likeness (QED) is 0.577. The van der Waals surface area contributed by atoms with Crippen LogP contribution in [0.3, 0.4) is 0 Å². The molecule has 0 spiro atoms. The second-order valence-corrected chi connectivity index (χ2v) is 6.06. The lowest BCUT2D eigenvalue weighted by atomic mass is 9.74. The Balaban J connectivity index is 2.25. The molecule has 3 rings (SSSR count). The van der Waals surface area contributed by atoms with Gasteiger partial charge in [0, 0.05) is 0 Å². The molecule has 0 unspecified atom stereocenters. The molecule has 0 saturated carbocycles. The Morgan fingerprint density at radius 1 is 0.889 bits per heavy atom. The van der Waals surface area contributed by atoms with E-state index >= 15 is 0 Å². The molecule has 140 valence electrons. The van der Waals surface area contributed by atoms with E-state index in [9.17, 15) is 9.59 Å². The minimum Gasteiger partial charge on any atom is -0.497 e. The highest BCUT2D eigenvalue weighted by molar-refractivity contribution is 6.23. The van der Waals surface area contributed by atoms with Crippen LogP contribution in [0, 0.1) is 0 Å². The van der Waals surface area contributed by atoms with Crippen molar-refractivity contribution < 1.29 is 23.8 Å². The highest BCUT2D eigenvalue weighted by Crippen LogP contribution is 2.49. The van der Waals surface area contributed by atoms with Gasteiger partial charge in [0.05, 0.1) is 20.3 Å². The van der Waals surface area contributed by atoms with Crippen LogP contribution in [0.25, 0.3) is 11.6 Å². The number of hydrogen-bond donors (Lipinski definition) is 0. The Kier molecular flexibility index (Phi) is 5.31. The minimum absolute atomic E-state index is 0.165. The van der Waals surface area contributed by atoms with Gasteiger partial charge >= 0.3 is 11.9 Å². The zero-order chi connectivity index (χ0) is 19.4. The minimum atomic E-state index is -1.64. The Hall–Kier alpha value is -3.08. The van der Waals surface area contributed by atoms with Gasteiger partial charge in [0.15, 0.2) is 0 Å². The molecule has 0 heterocycles. The van der Waals surface area contributed by atoms with Crippen LogP contribution in [0.4, 0.5) is 0 Å². The fourth-order valence-corrected chi connectivity index (χ4v) is 3.45. The molecule has 0 aliphatic heterocycles. The third-order valence-corrected chi connectivity index (χ3v) is 4.63. The molecule has 0 amide bonds. The second kappa shape index (κ2) is 7.66. The molecule has 2 aromatic rings. The Bertz CT molecular complexity index is 862. The normalized spacial score (nSPS) is 14.1. The zero-order valence-corrected chi connectivity index (χ0v) is 15.7. The van der Waals surface area contributed by atoms with E-state index in [1.54, 1.807) is 45.2 Å². The van der Waals surface area contributed by atoms with Gasteiger partial charge in [0.2, 0.25) is 5.41 Å². The topological polar surface area (TPSA) is 61.8 Å². The average molecular weight is 366 g/mol. The fourth-order valence-electron chi connectivity index (χ4n) is 3.45. The third-order valence-electron chi connectivity index (χ3n) is 4.63. The van der Waals surface area contributed by atoms with E-state index in [0.717, 1.165) is 11.1 Å². The smallest absolute Gasteiger partial charge is 0.332 e. The van der Waals surface area contributed by atoms with Crippen LogP contribution in [-0.2, 0) is 24.5 Å². The highest BCUT2D eigenvalue weighted by Gasteiger charge is 2.57. The number of ether oxygens (including phenoxy) is 3. The predicted molar refractivity (Wildman–Crippen MR) is 102 cm³/mol. The molecular formula is C22H22O5. The van der Waals surface area contributed by atoms with Gasteiger partial charge < -0.3 is 14.2 Å². The molecule has 0 atom stereocenters. The number of carbonyl (C=O) groups is 2. The lowest BCUT2D eigenvalue weighted by Gasteiger charge is -2.29. The van der Waals surface area contributed by atoms with Crippen LogP contribution in [0.5, 0.6) is 5.75 Å². The van der Waals surface area contributed by atoms with Crippen molar-refractivity contribution in [3.05, 3.63) is 65.2 Å². The lowest BCUT2D eigenvalue weighted by Crippen LogP contribution is -2.46. The second-order valence-electron chi connectivity index (χ2n) is 6.06. The van der Waals surface area contributed by atoms with Crippen molar-refractivity contribution in [3.8, 4) is 5.75 Å².